The van der Waals surface area contributed by atoms with Gasteiger partial charge in [-0.2, -0.15) is 0 Å². The van der Waals surface area contributed by atoms with Gasteiger partial charge in [0, 0.05) is 23.8 Å². The van der Waals surface area contributed by atoms with Gasteiger partial charge in [0.15, 0.2) is 0 Å². The minimum Gasteiger partial charge on any atom is -0.258 e. The summed E-state index contributed by atoms with van der Waals surface area (Å²) in [6, 6.07) is 20.4. The first-order chi connectivity index (χ1) is 17.3. The van der Waals surface area contributed by atoms with Crippen LogP contribution in [0.15, 0.2) is 72.8 Å². The summed E-state index contributed by atoms with van der Waals surface area (Å²) in [4.78, 5) is 33.0. The molecule has 9 nitrogen and oxygen atoms in total. The lowest BCUT2D eigenvalue weighted by Gasteiger charge is -2.06. The molecule has 0 unspecified atom stereocenters. The summed E-state index contributed by atoms with van der Waals surface area (Å²) >= 11 is 0. The van der Waals surface area contributed by atoms with Crippen LogP contribution in [0.25, 0.3) is 33.9 Å². The van der Waals surface area contributed by atoms with Crippen molar-refractivity contribution >= 4 is 28.7 Å². The lowest BCUT2D eigenvalue weighted by Crippen LogP contribution is -1.96. The molecular formula is C27H15N3O6. The fourth-order valence-electron chi connectivity index (χ4n) is 5.17. The lowest BCUT2D eigenvalue weighted by molar-refractivity contribution is -0.393. The van der Waals surface area contributed by atoms with Gasteiger partial charge in [-0.25, -0.2) is 0 Å². The largest absolute Gasteiger partial charge is 0.284 e. The minimum absolute atomic E-state index is 0.172. The van der Waals surface area contributed by atoms with E-state index in [-0.39, 0.29) is 11.3 Å². The van der Waals surface area contributed by atoms with Crippen LogP contribution in [0.1, 0.15) is 27.8 Å². The number of rotatable bonds is 4. The Morgan fingerprint density at radius 3 is 2.06 bits per heavy atom. The molecule has 0 bridgehead atoms. The summed E-state index contributed by atoms with van der Waals surface area (Å²) in [5, 5.41) is 34.9. The molecule has 0 spiro atoms. The lowest BCUT2D eigenvalue weighted by atomic mass is 9.98. The Balaban J connectivity index is 1.59. The van der Waals surface area contributed by atoms with E-state index >= 15 is 0 Å². The zero-order valence-electron chi connectivity index (χ0n) is 18.5. The summed E-state index contributed by atoms with van der Waals surface area (Å²) in [5.74, 6) is 0. The van der Waals surface area contributed by atoms with E-state index in [4.69, 9.17) is 0 Å². The Hall–Kier alpha value is -5.18. The molecule has 0 saturated heterocycles. The second kappa shape index (κ2) is 7.67. The standard InChI is InChI=1S/C27H15N3O6/c31-28(32)18-6-8-22-24(12-18)23(25-13-19(29(33)34)14-26(27(22)25)30(35)36)10-15-5-7-21-17(9-15)11-16-3-1-2-4-20(16)21/h1-10,12-14H,11H2. The third-order valence-corrected chi connectivity index (χ3v) is 6.70. The molecule has 0 heterocycles. The maximum Gasteiger partial charge on any atom is 0.284 e. The van der Waals surface area contributed by atoms with Crippen molar-refractivity contribution in [3.05, 3.63) is 131 Å². The molecule has 0 radical (unpaired) electrons. The van der Waals surface area contributed by atoms with E-state index in [1.807, 2.05) is 30.3 Å². The minimum atomic E-state index is -0.678. The van der Waals surface area contributed by atoms with Crippen molar-refractivity contribution in [3.8, 4) is 22.3 Å². The van der Waals surface area contributed by atoms with Crippen LogP contribution in [-0.4, -0.2) is 14.8 Å². The van der Waals surface area contributed by atoms with Crippen molar-refractivity contribution in [1.82, 2.24) is 0 Å². The predicted octanol–water partition coefficient (Wildman–Crippen LogP) is 6.55. The monoisotopic (exact) mass is 477 g/mol. The number of nitro benzene ring substituents is 3. The highest BCUT2D eigenvalue weighted by molar-refractivity contribution is 6.10. The number of fused-ring (bicyclic) bond motifs is 6. The molecule has 4 aromatic rings. The summed E-state index contributed by atoms with van der Waals surface area (Å²) in [7, 11) is 0. The van der Waals surface area contributed by atoms with E-state index in [9.17, 15) is 30.3 Å². The molecule has 0 aromatic heterocycles. The number of nitro groups is 3. The fourth-order valence-corrected chi connectivity index (χ4v) is 5.17. The Labute approximate surface area is 203 Å². The maximum absolute atomic E-state index is 11.9. The molecule has 174 valence electrons. The summed E-state index contributed by atoms with van der Waals surface area (Å²) in [5.41, 5.74) is 6.25. The van der Waals surface area contributed by atoms with Gasteiger partial charge in [-0.05, 0) is 63.1 Å². The highest BCUT2D eigenvalue weighted by Gasteiger charge is 2.35. The van der Waals surface area contributed by atoms with Gasteiger partial charge in [-0.15, -0.1) is 0 Å². The van der Waals surface area contributed by atoms with Gasteiger partial charge in [0.2, 0.25) is 0 Å². The Morgan fingerprint density at radius 2 is 1.31 bits per heavy atom. The van der Waals surface area contributed by atoms with E-state index < -0.39 is 26.1 Å². The molecule has 0 amide bonds. The van der Waals surface area contributed by atoms with Crippen LogP contribution < -0.4 is 0 Å². The van der Waals surface area contributed by atoms with Crippen molar-refractivity contribution in [1.29, 1.82) is 0 Å². The zero-order valence-corrected chi connectivity index (χ0v) is 18.5. The van der Waals surface area contributed by atoms with E-state index in [0.29, 0.717) is 22.3 Å². The van der Waals surface area contributed by atoms with Crippen LogP contribution in [0, 0.1) is 30.3 Å². The predicted molar refractivity (Wildman–Crippen MR) is 133 cm³/mol. The molecule has 9 heteroatoms. The molecule has 0 aliphatic heterocycles. The van der Waals surface area contributed by atoms with Gasteiger partial charge in [0.25, 0.3) is 17.1 Å². The fraction of sp³-hybridized carbons (Fsp3) is 0.0370. The average molecular weight is 477 g/mol. The van der Waals surface area contributed by atoms with Gasteiger partial charge in [-0.1, -0.05) is 42.5 Å². The number of hydrogen-bond donors (Lipinski definition) is 0. The van der Waals surface area contributed by atoms with E-state index in [0.717, 1.165) is 29.2 Å². The Morgan fingerprint density at radius 1 is 0.611 bits per heavy atom. The summed E-state index contributed by atoms with van der Waals surface area (Å²) in [6.45, 7) is 0. The topological polar surface area (TPSA) is 129 Å². The van der Waals surface area contributed by atoms with Crippen LogP contribution >= 0.6 is 0 Å². The smallest absolute Gasteiger partial charge is 0.258 e. The second-order valence-corrected chi connectivity index (χ2v) is 8.70. The number of benzene rings is 4. The van der Waals surface area contributed by atoms with E-state index in [2.05, 4.69) is 12.1 Å². The number of nitrogens with zero attached hydrogens (tertiary/aromatic N) is 3. The quantitative estimate of drug-likeness (QED) is 0.209. The molecule has 0 saturated carbocycles. The van der Waals surface area contributed by atoms with Gasteiger partial charge in [0.05, 0.1) is 26.4 Å². The van der Waals surface area contributed by atoms with Crippen molar-refractivity contribution in [2.75, 3.05) is 0 Å². The van der Waals surface area contributed by atoms with Crippen LogP contribution in [0.2, 0.25) is 0 Å². The molecule has 36 heavy (non-hydrogen) atoms. The highest BCUT2D eigenvalue weighted by Crippen LogP contribution is 2.51. The molecular weight excluding hydrogens is 462 g/mol. The number of hydrogen-bond acceptors (Lipinski definition) is 6. The number of non-ortho nitro benzene ring substituents is 2. The summed E-state index contributed by atoms with van der Waals surface area (Å²) in [6.07, 6.45) is 2.54. The highest BCUT2D eigenvalue weighted by atomic mass is 16.6. The second-order valence-electron chi connectivity index (χ2n) is 8.70. The van der Waals surface area contributed by atoms with Crippen LogP contribution in [0.3, 0.4) is 0 Å². The first-order valence-electron chi connectivity index (χ1n) is 11.0. The molecule has 4 aromatic carbocycles. The molecule has 0 fully saturated rings. The molecule has 0 atom stereocenters. The van der Waals surface area contributed by atoms with Gasteiger partial charge >= 0.3 is 0 Å². The van der Waals surface area contributed by atoms with Crippen molar-refractivity contribution in [2.24, 2.45) is 0 Å². The normalized spacial score (nSPS) is 13.6. The van der Waals surface area contributed by atoms with Crippen LogP contribution in [0.4, 0.5) is 17.1 Å². The molecule has 2 aliphatic carbocycles. The zero-order chi connectivity index (χ0) is 25.1. The first kappa shape index (κ1) is 21.4. The third kappa shape index (κ3) is 3.17. The molecule has 0 N–H and O–H groups in total. The van der Waals surface area contributed by atoms with Gasteiger partial charge < -0.3 is 0 Å². The van der Waals surface area contributed by atoms with Gasteiger partial charge in [0.1, 0.15) is 0 Å². The van der Waals surface area contributed by atoms with Crippen molar-refractivity contribution < 1.29 is 14.8 Å². The molecule has 6 rings (SSSR count). The van der Waals surface area contributed by atoms with Crippen LogP contribution in [0.5, 0.6) is 0 Å². The maximum atomic E-state index is 11.9. The van der Waals surface area contributed by atoms with Crippen molar-refractivity contribution in [3.63, 3.8) is 0 Å². The van der Waals surface area contributed by atoms with E-state index in [1.54, 1.807) is 6.08 Å². The first-order valence-corrected chi connectivity index (χ1v) is 11.0. The van der Waals surface area contributed by atoms with Gasteiger partial charge in [-0.3, -0.25) is 30.3 Å². The summed E-state index contributed by atoms with van der Waals surface area (Å²) < 4.78 is 0. The van der Waals surface area contributed by atoms with E-state index in [1.165, 1.54) is 35.4 Å². The molecule has 2 aliphatic rings. The van der Waals surface area contributed by atoms with Crippen molar-refractivity contribution in [2.45, 2.75) is 6.42 Å². The SMILES string of the molecule is O=[N+]([O-])c1ccc2c(c1)C(=Cc1ccc3c(c1)Cc1ccccc1-3)c1cc([N+](=O)[O-])cc([N+](=O)[O-])c1-2. The third-order valence-electron chi connectivity index (χ3n) is 6.70. The average Bonchev–Trinajstić information content (AvgIpc) is 3.38. The Bertz CT molecular complexity index is 1710. The Kier molecular flexibility index (Phi) is 4.55. The van der Waals surface area contributed by atoms with Crippen LogP contribution in [-0.2, 0) is 6.42 Å².